The highest BCUT2D eigenvalue weighted by atomic mass is 127. The van der Waals surface area contributed by atoms with Gasteiger partial charge in [0, 0.05) is 28.3 Å². The second-order valence-corrected chi connectivity index (χ2v) is 8.15. The lowest BCUT2D eigenvalue weighted by Crippen LogP contribution is -2.29. The van der Waals surface area contributed by atoms with E-state index < -0.39 is 11.9 Å². The molecule has 1 heterocycles. The summed E-state index contributed by atoms with van der Waals surface area (Å²) in [7, 11) is 4.47. The lowest BCUT2D eigenvalue weighted by molar-refractivity contribution is -0.136. The van der Waals surface area contributed by atoms with Crippen molar-refractivity contribution in [3.63, 3.8) is 0 Å². The van der Waals surface area contributed by atoms with Gasteiger partial charge in [0.05, 0.1) is 36.2 Å². The van der Waals surface area contributed by atoms with E-state index in [-0.39, 0.29) is 5.78 Å². The van der Waals surface area contributed by atoms with Gasteiger partial charge < -0.3 is 19.5 Å². The summed E-state index contributed by atoms with van der Waals surface area (Å²) in [4.78, 5) is 26.2. The zero-order valence-corrected chi connectivity index (χ0v) is 19.1. The highest BCUT2D eigenvalue weighted by molar-refractivity contribution is 14.1. The highest BCUT2D eigenvalue weighted by Crippen LogP contribution is 2.48. The molecule has 30 heavy (non-hydrogen) atoms. The molecule has 0 unspecified atom stereocenters. The molecule has 0 saturated carbocycles. The van der Waals surface area contributed by atoms with Crippen LogP contribution in [0.4, 0.5) is 0 Å². The summed E-state index contributed by atoms with van der Waals surface area (Å²) in [5.41, 5.74) is 4.53. The van der Waals surface area contributed by atoms with E-state index in [0.29, 0.717) is 33.9 Å². The van der Waals surface area contributed by atoms with Crippen LogP contribution in [0, 0.1) is 3.57 Å². The molecule has 1 aliphatic heterocycles. The molecule has 7 heteroatoms. The van der Waals surface area contributed by atoms with Crippen molar-refractivity contribution in [3.05, 3.63) is 73.5 Å². The maximum absolute atomic E-state index is 13.4. The van der Waals surface area contributed by atoms with Crippen LogP contribution in [0.25, 0.3) is 5.70 Å². The first-order valence-electron chi connectivity index (χ1n) is 9.28. The fourth-order valence-electron chi connectivity index (χ4n) is 4.15. The molecule has 0 amide bonds. The van der Waals surface area contributed by atoms with Gasteiger partial charge in [0.15, 0.2) is 17.3 Å². The number of hydrogen-bond donors (Lipinski definition) is 1. The Bertz CT molecular complexity index is 1150. The molecule has 0 spiro atoms. The van der Waals surface area contributed by atoms with Crippen LogP contribution in [0.15, 0.2) is 53.2 Å². The summed E-state index contributed by atoms with van der Waals surface area (Å²) >= 11 is 2.16. The van der Waals surface area contributed by atoms with E-state index in [1.165, 1.54) is 7.11 Å². The molecule has 2 aromatic carbocycles. The smallest absolute Gasteiger partial charge is 0.336 e. The second kappa shape index (κ2) is 7.79. The molecule has 0 fully saturated rings. The van der Waals surface area contributed by atoms with Crippen molar-refractivity contribution in [3.8, 4) is 11.5 Å². The normalized spacial score (nSPS) is 17.4. The fourth-order valence-corrected chi connectivity index (χ4v) is 4.99. The van der Waals surface area contributed by atoms with E-state index in [9.17, 15) is 9.59 Å². The third-order valence-electron chi connectivity index (χ3n) is 5.44. The number of halogens is 1. The summed E-state index contributed by atoms with van der Waals surface area (Å²) in [6.45, 7) is 1.82. The van der Waals surface area contributed by atoms with Crippen LogP contribution in [-0.2, 0) is 9.53 Å². The molecule has 0 aromatic heterocycles. The van der Waals surface area contributed by atoms with Crippen molar-refractivity contribution in [1.29, 1.82) is 0 Å². The van der Waals surface area contributed by atoms with E-state index >= 15 is 0 Å². The number of rotatable bonds is 4. The van der Waals surface area contributed by atoms with E-state index in [0.717, 1.165) is 20.4 Å². The van der Waals surface area contributed by atoms with Gasteiger partial charge in [0.25, 0.3) is 0 Å². The quantitative estimate of drug-likeness (QED) is 0.488. The molecular formula is C23H20INO5. The molecule has 4 rings (SSSR count). The van der Waals surface area contributed by atoms with Crippen LogP contribution in [0.5, 0.6) is 11.5 Å². The number of fused-ring (bicyclic) bond motifs is 2. The van der Waals surface area contributed by atoms with E-state index in [2.05, 4.69) is 27.9 Å². The van der Waals surface area contributed by atoms with Crippen molar-refractivity contribution in [2.24, 2.45) is 0 Å². The molecule has 0 saturated heterocycles. The molecule has 0 bridgehead atoms. The van der Waals surface area contributed by atoms with Crippen LogP contribution in [0.3, 0.4) is 0 Å². The van der Waals surface area contributed by atoms with E-state index in [4.69, 9.17) is 14.2 Å². The lowest BCUT2D eigenvalue weighted by atomic mass is 9.79. The molecule has 6 nitrogen and oxygen atoms in total. The first-order chi connectivity index (χ1) is 14.4. The predicted octanol–water partition coefficient (Wildman–Crippen LogP) is 4.05. The number of ether oxygens (including phenoxy) is 3. The molecule has 154 valence electrons. The Morgan fingerprint density at radius 3 is 2.40 bits per heavy atom. The van der Waals surface area contributed by atoms with Crippen LogP contribution < -0.4 is 14.8 Å². The van der Waals surface area contributed by atoms with Crippen molar-refractivity contribution in [1.82, 2.24) is 5.32 Å². The standard InChI is InChI=1S/C23H20INO5/c1-11-17(23(27)30-4)18(12-9-15(24)22(29-3)16(10-12)28-2)19-20(25-11)13-7-5-6-8-14(13)21(19)26/h5-10,18,25H,1-4H3/t18-/m1/s1. The summed E-state index contributed by atoms with van der Waals surface area (Å²) in [6.07, 6.45) is 0. The first kappa shape index (κ1) is 20.5. The maximum Gasteiger partial charge on any atom is 0.336 e. The highest BCUT2D eigenvalue weighted by Gasteiger charge is 2.43. The van der Waals surface area contributed by atoms with Crippen LogP contribution in [0.2, 0.25) is 0 Å². The number of carbonyl (C=O) groups excluding carboxylic acids is 2. The Hall–Kier alpha value is -2.81. The largest absolute Gasteiger partial charge is 0.493 e. The van der Waals surface area contributed by atoms with Gasteiger partial charge in [-0.2, -0.15) is 0 Å². The zero-order valence-electron chi connectivity index (χ0n) is 17.0. The Kier molecular flexibility index (Phi) is 5.31. The maximum atomic E-state index is 13.4. The third kappa shape index (κ3) is 2.99. The van der Waals surface area contributed by atoms with Crippen LogP contribution in [-0.4, -0.2) is 33.1 Å². The van der Waals surface area contributed by atoms with Gasteiger partial charge >= 0.3 is 5.97 Å². The number of hydrogen-bond acceptors (Lipinski definition) is 6. The lowest BCUT2D eigenvalue weighted by Gasteiger charge is -2.29. The number of benzene rings is 2. The molecule has 2 aromatic rings. The third-order valence-corrected chi connectivity index (χ3v) is 6.24. The zero-order chi connectivity index (χ0) is 21.6. The van der Waals surface area contributed by atoms with Crippen LogP contribution in [0.1, 0.15) is 34.3 Å². The van der Waals surface area contributed by atoms with Gasteiger partial charge in [-0.3, -0.25) is 4.79 Å². The van der Waals surface area contributed by atoms with Crippen molar-refractivity contribution in [2.45, 2.75) is 12.8 Å². The predicted molar refractivity (Wildman–Crippen MR) is 121 cm³/mol. The van der Waals surface area contributed by atoms with Gasteiger partial charge in [-0.05, 0) is 47.2 Å². The summed E-state index contributed by atoms with van der Waals surface area (Å²) in [5.74, 6) is -0.0416. The number of carbonyl (C=O) groups is 2. The Morgan fingerprint density at radius 2 is 1.77 bits per heavy atom. The number of allylic oxidation sites excluding steroid dienone is 2. The molecule has 1 aliphatic carbocycles. The molecule has 1 atom stereocenters. The number of esters is 1. The summed E-state index contributed by atoms with van der Waals surface area (Å²) < 4.78 is 16.9. The Balaban J connectivity index is 1.99. The molecule has 2 aliphatic rings. The van der Waals surface area contributed by atoms with Crippen molar-refractivity contribution in [2.75, 3.05) is 21.3 Å². The van der Waals surface area contributed by atoms with Gasteiger partial charge in [-0.15, -0.1) is 0 Å². The minimum Gasteiger partial charge on any atom is -0.493 e. The molecular weight excluding hydrogens is 497 g/mol. The molecule has 0 radical (unpaired) electrons. The first-order valence-corrected chi connectivity index (χ1v) is 10.4. The topological polar surface area (TPSA) is 73.9 Å². The monoisotopic (exact) mass is 517 g/mol. The number of ketones is 1. The van der Waals surface area contributed by atoms with Gasteiger partial charge in [-0.25, -0.2) is 4.79 Å². The summed E-state index contributed by atoms with van der Waals surface area (Å²) in [6, 6.07) is 11.2. The number of nitrogens with one attached hydrogen (secondary N) is 1. The number of methoxy groups -OCH3 is 3. The fraction of sp³-hybridized carbons (Fsp3) is 0.217. The van der Waals surface area contributed by atoms with Crippen molar-refractivity contribution < 1.29 is 23.8 Å². The average Bonchev–Trinajstić information content (AvgIpc) is 3.03. The Morgan fingerprint density at radius 1 is 1.07 bits per heavy atom. The SMILES string of the molecule is COC(=O)C1=C(C)NC2=C(C(=O)c3ccccc32)[C@@H]1c1cc(I)c(OC)c(OC)c1. The van der Waals surface area contributed by atoms with E-state index in [1.54, 1.807) is 20.3 Å². The number of Topliss-reactive ketones (excluding diaryl/α,β-unsaturated/α-hetero) is 1. The minimum absolute atomic E-state index is 0.100. The number of dihydropyridines is 1. The van der Waals surface area contributed by atoms with Gasteiger partial charge in [0.1, 0.15) is 0 Å². The summed E-state index contributed by atoms with van der Waals surface area (Å²) in [5, 5.41) is 3.28. The van der Waals surface area contributed by atoms with E-state index in [1.807, 2.05) is 37.3 Å². The van der Waals surface area contributed by atoms with Crippen LogP contribution >= 0.6 is 22.6 Å². The second-order valence-electron chi connectivity index (χ2n) is 6.99. The van der Waals surface area contributed by atoms with Gasteiger partial charge in [-0.1, -0.05) is 24.3 Å². The average molecular weight is 517 g/mol. The Labute approximate surface area is 188 Å². The molecule has 1 N–H and O–H groups in total. The minimum atomic E-state index is -0.595. The van der Waals surface area contributed by atoms with Crippen molar-refractivity contribution >= 4 is 40.0 Å². The van der Waals surface area contributed by atoms with Gasteiger partial charge in [0.2, 0.25) is 0 Å².